The molecule has 0 heterocycles. The second-order valence-electron chi connectivity index (χ2n) is 10.7. The van der Waals surface area contributed by atoms with E-state index < -0.39 is 5.41 Å². The fourth-order valence-corrected chi connectivity index (χ4v) is 7.16. The van der Waals surface area contributed by atoms with Crippen LogP contribution in [0.15, 0.2) is 143 Å². The molecule has 6 heteroatoms. The predicted octanol–water partition coefficient (Wildman–Crippen LogP) is 12.2. The summed E-state index contributed by atoms with van der Waals surface area (Å²) in [7, 11) is 0. The van der Waals surface area contributed by atoms with Crippen LogP contribution in [0.5, 0.6) is 0 Å². The minimum atomic E-state index is -0.546. The van der Waals surface area contributed by atoms with Crippen LogP contribution in [0.3, 0.4) is 0 Å². The van der Waals surface area contributed by atoms with Crippen LogP contribution in [0.25, 0.3) is 11.1 Å². The highest BCUT2D eigenvalue weighted by Gasteiger charge is 2.45. The first-order valence-electron chi connectivity index (χ1n) is 14.3. The van der Waals surface area contributed by atoms with E-state index in [0.717, 1.165) is 22.5 Å². The molecule has 0 aliphatic heterocycles. The van der Waals surface area contributed by atoms with Gasteiger partial charge in [0, 0.05) is 23.6 Å². The van der Waals surface area contributed by atoms with Crippen molar-refractivity contribution in [3.05, 3.63) is 187 Å². The number of hydrogen-bond donors (Lipinski definition) is 0. The van der Waals surface area contributed by atoms with Gasteiger partial charge in [0.05, 0.1) is 36.9 Å². The standard InChI is InChI=1S/C39H24Cl4N2/c40-35-11-5-12-36(41)31(35)23-44-27-19-15-25(16-20-27)39(33-9-3-1-7-29(33)30-8-2-4-10-34(30)39)26-17-21-28(22-18-26)45-24-32-37(42)13-6-14-38(32)43/h1-24H. The second-order valence-corrected chi connectivity index (χ2v) is 12.4. The summed E-state index contributed by atoms with van der Waals surface area (Å²) in [6.45, 7) is 0. The zero-order chi connectivity index (χ0) is 31.0. The van der Waals surface area contributed by atoms with E-state index in [-0.39, 0.29) is 0 Å². The van der Waals surface area contributed by atoms with Gasteiger partial charge < -0.3 is 0 Å². The molecule has 0 radical (unpaired) electrons. The molecule has 0 bridgehead atoms. The molecule has 0 amide bonds. The average Bonchev–Trinajstić information content (AvgIpc) is 3.36. The molecular formula is C39H24Cl4N2. The molecule has 0 unspecified atom stereocenters. The lowest BCUT2D eigenvalue weighted by Gasteiger charge is -2.34. The molecule has 0 spiro atoms. The Morgan fingerprint density at radius 2 is 0.756 bits per heavy atom. The lowest BCUT2D eigenvalue weighted by Crippen LogP contribution is -2.28. The van der Waals surface area contributed by atoms with Gasteiger partial charge in [-0.25, -0.2) is 0 Å². The van der Waals surface area contributed by atoms with E-state index in [1.54, 1.807) is 36.7 Å². The summed E-state index contributed by atoms with van der Waals surface area (Å²) in [5, 5.41) is 2.24. The van der Waals surface area contributed by atoms with Gasteiger partial charge >= 0.3 is 0 Å². The fraction of sp³-hybridized carbons (Fsp3) is 0.0256. The Balaban J connectivity index is 1.33. The summed E-state index contributed by atoms with van der Waals surface area (Å²) in [5.74, 6) is 0. The Bertz CT molecular complexity index is 1910. The number of fused-ring (bicyclic) bond motifs is 3. The van der Waals surface area contributed by atoms with Crippen LogP contribution in [0.4, 0.5) is 11.4 Å². The second kappa shape index (κ2) is 12.3. The molecule has 0 saturated heterocycles. The molecule has 0 aromatic heterocycles. The Hall–Kier alpha value is -4.18. The molecular weight excluding hydrogens is 638 g/mol. The number of rotatable bonds is 6. The van der Waals surface area contributed by atoms with Gasteiger partial charge in [-0.2, -0.15) is 0 Å². The van der Waals surface area contributed by atoms with Gasteiger partial charge in [-0.15, -0.1) is 0 Å². The Morgan fingerprint density at radius 3 is 1.13 bits per heavy atom. The third kappa shape index (κ3) is 5.28. The van der Waals surface area contributed by atoms with Crippen molar-refractivity contribution in [1.82, 2.24) is 0 Å². The number of aliphatic imine (C=N–C) groups is 2. The lowest BCUT2D eigenvalue weighted by molar-refractivity contribution is 0.768. The Labute approximate surface area is 282 Å². The molecule has 0 atom stereocenters. The van der Waals surface area contributed by atoms with E-state index in [1.165, 1.54) is 22.3 Å². The van der Waals surface area contributed by atoms with Crippen LogP contribution in [0.2, 0.25) is 20.1 Å². The molecule has 45 heavy (non-hydrogen) atoms. The first kappa shape index (κ1) is 29.5. The van der Waals surface area contributed by atoms with Crippen LogP contribution < -0.4 is 0 Å². The first-order chi connectivity index (χ1) is 22.0. The summed E-state index contributed by atoms with van der Waals surface area (Å²) in [6.07, 6.45) is 3.43. The third-order valence-electron chi connectivity index (χ3n) is 8.24. The minimum absolute atomic E-state index is 0.546. The Kier molecular flexibility index (Phi) is 8.08. The highest BCUT2D eigenvalue weighted by atomic mass is 35.5. The molecule has 1 aliphatic rings. The third-order valence-corrected chi connectivity index (χ3v) is 9.56. The SMILES string of the molecule is Clc1cccc(Cl)c1C=Nc1ccc(C2(c3ccc(N=Cc4c(Cl)cccc4Cl)cc3)c3ccccc3-c3ccccc32)cc1. The van der Waals surface area contributed by atoms with Gasteiger partial charge in [0.2, 0.25) is 0 Å². The van der Waals surface area contributed by atoms with E-state index in [0.29, 0.717) is 31.2 Å². The van der Waals surface area contributed by atoms with Crippen molar-refractivity contribution in [3.8, 4) is 11.1 Å². The zero-order valence-electron chi connectivity index (χ0n) is 23.8. The van der Waals surface area contributed by atoms with E-state index in [9.17, 15) is 0 Å². The number of nitrogens with zero attached hydrogens (tertiary/aromatic N) is 2. The highest BCUT2D eigenvalue weighted by Crippen LogP contribution is 2.56. The number of benzene rings is 6. The monoisotopic (exact) mass is 660 g/mol. The largest absolute Gasteiger partial charge is 0.256 e. The van der Waals surface area contributed by atoms with Crippen LogP contribution in [0.1, 0.15) is 33.4 Å². The van der Waals surface area contributed by atoms with Gasteiger partial charge in [0.25, 0.3) is 0 Å². The highest BCUT2D eigenvalue weighted by molar-refractivity contribution is 6.39. The molecule has 2 nitrogen and oxygen atoms in total. The summed E-state index contributed by atoms with van der Waals surface area (Å²) in [4.78, 5) is 9.38. The lowest BCUT2D eigenvalue weighted by atomic mass is 9.67. The molecule has 218 valence electrons. The van der Waals surface area contributed by atoms with E-state index >= 15 is 0 Å². The predicted molar refractivity (Wildman–Crippen MR) is 191 cm³/mol. The van der Waals surface area contributed by atoms with Crippen LogP contribution in [0, 0.1) is 0 Å². The molecule has 1 aliphatic carbocycles. The van der Waals surface area contributed by atoms with Crippen molar-refractivity contribution in [2.24, 2.45) is 9.98 Å². The summed E-state index contributed by atoms with van der Waals surface area (Å²) in [5.41, 5.74) is 9.60. The molecule has 6 aromatic rings. The summed E-state index contributed by atoms with van der Waals surface area (Å²) < 4.78 is 0. The first-order valence-corrected chi connectivity index (χ1v) is 15.8. The zero-order valence-corrected chi connectivity index (χ0v) is 26.8. The van der Waals surface area contributed by atoms with Crippen molar-refractivity contribution in [1.29, 1.82) is 0 Å². The van der Waals surface area contributed by atoms with Gasteiger partial charge in [-0.3, -0.25) is 9.98 Å². The van der Waals surface area contributed by atoms with Crippen molar-refractivity contribution < 1.29 is 0 Å². The van der Waals surface area contributed by atoms with Gasteiger partial charge in [0.1, 0.15) is 0 Å². The molecule has 7 rings (SSSR count). The maximum Gasteiger partial charge on any atom is 0.0713 e. The van der Waals surface area contributed by atoms with Crippen LogP contribution >= 0.6 is 46.4 Å². The normalized spacial score (nSPS) is 13.3. The summed E-state index contributed by atoms with van der Waals surface area (Å²) >= 11 is 25.5. The fourth-order valence-electron chi connectivity index (χ4n) is 6.16. The smallest absolute Gasteiger partial charge is 0.0713 e. The van der Waals surface area contributed by atoms with Crippen molar-refractivity contribution in [3.63, 3.8) is 0 Å². The van der Waals surface area contributed by atoms with Gasteiger partial charge in [-0.1, -0.05) is 131 Å². The summed E-state index contributed by atoms with van der Waals surface area (Å²) in [6, 6.07) is 44.9. The van der Waals surface area contributed by atoms with E-state index in [1.807, 2.05) is 36.4 Å². The number of halogens is 4. The van der Waals surface area contributed by atoms with E-state index in [2.05, 4.69) is 72.8 Å². The molecule has 0 fully saturated rings. The van der Waals surface area contributed by atoms with Gasteiger partial charge in [-0.05, 0) is 81.9 Å². The number of hydrogen-bond acceptors (Lipinski definition) is 2. The molecule has 6 aromatic carbocycles. The average molecular weight is 662 g/mol. The molecule has 0 saturated carbocycles. The maximum absolute atomic E-state index is 6.37. The van der Waals surface area contributed by atoms with Crippen LogP contribution in [-0.4, -0.2) is 12.4 Å². The molecule has 0 N–H and O–H groups in total. The van der Waals surface area contributed by atoms with Crippen molar-refractivity contribution >= 4 is 70.2 Å². The maximum atomic E-state index is 6.37. The minimum Gasteiger partial charge on any atom is -0.256 e. The Morgan fingerprint density at radius 1 is 0.400 bits per heavy atom. The van der Waals surface area contributed by atoms with E-state index in [4.69, 9.17) is 56.4 Å². The van der Waals surface area contributed by atoms with Crippen molar-refractivity contribution in [2.75, 3.05) is 0 Å². The van der Waals surface area contributed by atoms with Gasteiger partial charge in [0.15, 0.2) is 0 Å². The topological polar surface area (TPSA) is 24.7 Å². The van der Waals surface area contributed by atoms with Crippen LogP contribution in [-0.2, 0) is 5.41 Å². The van der Waals surface area contributed by atoms with Crippen molar-refractivity contribution in [2.45, 2.75) is 5.41 Å². The quantitative estimate of drug-likeness (QED) is 0.158.